The third kappa shape index (κ3) is 2.27. The number of aromatic amines is 2. The smallest absolute Gasteiger partial charge is 0.295 e. The summed E-state index contributed by atoms with van der Waals surface area (Å²) in [5.41, 5.74) is 1.67. The van der Waals surface area contributed by atoms with Gasteiger partial charge in [0.2, 0.25) is 5.75 Å². The molecule has 0 saturated carbocycles. The molecule has 0 fully saturated rings. The van der Waals surface area contributed by atoms with E-state index in [1.54, 1.807) is 6.20 Å². The van der Waals surface area contributed by atoms with Crippen LogP contribution in [0.15, 0.2) is 17.3 Å². The van der Waals surface area contributed by atoms with Crippen LogP contribution in [0.3, 0.4) is 0 Å². The minimum absolute atomic E-state index is 0.175. The predicted octanol–water partition coefficient (Wildman–Crippen LogP) is 0.422. The molecule has 0 saturated heterocycles. The van der Waals surface area contributed by atoms with Gasteiger partial charge in [-0.15, -0.1) is 0 Å². The van der Waals surface area contributed by atoms with Crippen molar-refractivity contribution in [3.8, 4) is 5.75 Å². The first-order valence-electron chi connectivity index (χ1n) is 5.06. The van der Waals surface area contributed by atoms with Crippen LogP contribution in [0.2, 0.25) is 0 Å². The van der Waals surface area contributed by atoms with E-state index in [0.29, 0.717) is 12.4 Å². The fourth-order valence-corrected chi connectivity index (χ4v) is 1.44. The lowest BCUT2D eigenvalue weighted by atomic mass is 10.2. The van der Waals surface area contributed by atoms with Crippen molar-refractivity contribution >= 4 is 5.82 Å². The van der Waals surface area contributed by atoms with Crippen LogP contribution in [0, 0.1) is 6.92 Å². The third-order valence-electron chi connectivity index (χ3n) is 2.40. The number of nitrogens with zero attached hydrogens (tertiary/aromatic N) is 2. The van der Waals surface area contributed by atoms with E-state index < -0.39 is 0 Å². The minimum Gasteiger partial charge on any atom is -0.489 e. The lowest BCUT2D eigenvalue weighted by Crippen LogP contribution is -2.14. The molecule has 0 aliphatic carbocycles. The number of hydrogen-bond acceptors (Lipinski definition) is 5. The van der Waals surface area contributed by atoms with E-state index in [4.69, 9.17) is 4.74 Å². The number of H-pyrrole nitrogens is 2. The van der Waals surface area contributed by atoms with Crippen LogP contribution in [-0.2, 0) is 6.54 Å². The van der Waals surface area contributed by atoms with Crippen LogP contribution < -0.4 is 15.6 Å². The Morgan fingerprint density at radius 1 is 1.53 bits per heavy atom. The highest BCUT2D eigenvalue weighted by molar-refractivity contribution is 5.48. The Morgan fingerprint density at radius 3 is 3.00 bits per heavy atom. The number of methoxy groups -OCH3 is 1. The third-order valence-corrected chi connectivity index (χ3v) is 2.40. The van der Waals surface area contributed by atoms with Crippen molar-refractivity contribution in [2.45, 2.75) is 13.5 Å². The Hall–Kier alpha value is -2.31. The number of hydrogen-bond donors (Lipinski definition) is 3. The number of rotatable bonds is 4. The van der Waals surface area contributed by atoms with Gasteiger partial charge in [-0.3, -0.25) is 9.89 Å². The van der Waals surface area contributed by atoms with Crippen LogP contribution in [-0.4, -0.2) is 27.3 Å². The second-order valence-corrected chi connectivity index (χ2v) is 3.49. The monoisotopic (exact) mass is 235 g/mol. The number of aromatic nitrogens is 4. The van der Waals surface area contributed by atoms with Gasteiger partial charge in [-0.25, -0.2) is 4.98 Å². The van der Waals surface area contributed by atoms with Crippen LogP contribution in [0.1, 0.15) is 11.3 Å². The van der Waals surface area contributed by atoms with E-state index in [0.717, 1.165) is 11.3 Å². The molecule has 2 aromatic heterocycles. The highest BCUT2D eigenvalue weighted by Gasteiger charge is 2.09. The molecule has 0 spiro atoms. The molecule has 2 heterocycles. The predicted molar refractivity (Wildman–Crippen MR) is 62.1 cm³/mol. The van der Waals surface area contributed by atoms with Crippen molar-refractivity contribution in [2.75, 3.05) is 12.4 Å². The lowest BCUT2D eigenvalue weighted by Gasteiger charge is -2.07. The van der Waals surface area contributed by atoms with Gasteiger partial charge in [-0.05, 0) is 6.92 Å². The zero-order valence-corrected chi connectivity index (χ0v) is 9.57. The summed E-state index contributed by atoms with van der Waals surface area (Å²) >= 11 is 0. The summed E-state index contributed by atoms with van der Waals surface area (Å²) in [6.07, 6.45) is 3.05. The standard InChI is InChI=1S/C10H13N5O2/c1-6-7(4-14-15-6)3-11-9-8(17-2)10(16)13-5-12-9/h4-5H,3H2,1-2H3,(H,14,15)(H2,11,12,13,16). The summed E-state index contributed by atoms with van der Waals surface area (Å²) in [5.74, 6) is 0.588. The van der Waals surface area contributed by atoms with Gasteiger partial charge >= 0.3 is 0 Å². The van der Waals surface area contributed by atoms with Gasteiger partial charge in [0, 0.05) is 17.8 Å². The average molecular weight is 235 g/mol. The summed E-state index contributed by atoms with van der Waals surface area (Å²) in [6.45, 7) is 2.45. The normalized spacial score (nSPS) is 10.2. The molecule has 7 heteroatoms. The molecule has 0 aliphatic heterocycles. The Bertz CT molecular complexity index is 560. The quantitative estimate of drug-likeness (QED) is 0.713. The van der Waals surface area contributed by atoms with Gasteiger partial charge in [-0.1, -0.05) is 0 Å². The number of ether oxygens (including phenoxy) is 1. The maximum Gasteiger partial charge on any atom is 0.295 e. The summed E-state index contributed by atoms with van der Waals surface area (Å²) < 4.78 is 4.98. The second-order valence-electron chi connectivity index (χ2n) is 3.49. The molecule has 2 rings (SSSR count). The molecule has 90 valence electrons. The van der Waals surface area contributed by atoms with Gasteiger partial charge in [0.05, 0.1) is 19.6 Å². The molecular weight excluding hydrogens is 222 g/mol. The Morgan fingerprint density at radius 2 is 2.35 bits per heavy atom. The van der Waals surface area contributed by atoms with Gasteiger partial charge in [-0.2, -0.15) is 5.10 Å². The summed E-state index contributed by atoms with van der Waals surface area (Å²) in [7, 11) is 1.43. The molecule has 7 nitrogen and oxygen atoms in total. The average Bonchev–Trinajstić information content (AvgIpc) is 2.72. The van der Waals surface area contributed by atoms with Crippen molar-refractivity contribution in [3.63, 3.8) is 0 Å². The fourth-order valence-electron chi connectivity index (χ4n) is 1.44. The van der Waals surface area contributed by atoms with Crippen LogP contribution in [0.5, 0.6) is 5.75 Å². The summed E-state index contributed by atoms with van der Waals surface area (Å²) in [4.78, 5) is 17.9. The van der Waals surface area contributed by atoms with Gasteiger partial charge in [0.25, 0.3) is 5.56 Å². The minimum atomic E-state index is -0.311. The van der Waals surface area contributed by atoms with E-state index in [2.05, 4.69) is 25.5 Å². The Labute approximate surface area is 97.2 Å². The number of nitrogens with one attached hydrogen (secondary N) is 3. The van der Waals surface area contributed by atoms with Gasteiger partial charge in [0.1, 0.15) is 0 Å². The zero-order valence-electron chi connectivity index (χ0n) is 9.57. The Balaban J connectivity index is 2.17. The van der Waals surface area contributed by atoms with E-state index in [-0.39, 0.29) is 11.3 Å². The molecule has 17 heavy (non-hydrogen) atoms. The van der Waals surface area contributed by atoms with Crippen LogP contribution in [0.4, 0.5) is 5.82 Å². The molecule has 0 unspecified atom stereocenters. The summed E-state index contributed by atoms with van der Waals surface area (Å²) in [5, 5.41) is 9.78. The van der Waals surface area contributed by atoms with Crippen molar-refractivity contribution in [1.29, 1.82) is 0 Å². The molecule has 2 aromatic rings. The largest absolute Gasteiger partial charge is 0.489 e. The maximum atomic E-state index is 11.4. The first-order valence-corrected chi connectivity index (χ1v) is 5.06. The highest BCUT2D eigenvalue weighted by Crippen LogP contribution is 2.15. The van der Waals surface area contributed by atoms with E-state index in [1.807, 2.05) is 6.92 Å². The highest BCUT2D eigenvalue weighted by atomic mass is 16.5. The van der Waals surface area contributed by atoms with Crippen LogP contribution >= 0.6 is 0 Å². The summed E-state index contributed by atoms with van der Waals surface area (Å²) in [6, 6.07) is 0. The lowest BCUT2D eigenvalue weighted by molar-refractivity contribution is 0.408. The van der Waals surface area contributed by atoms with Crippen molar-refractivity contribution in [3.05, 3.63) is 34.1 Å². The SMILES string of the molecule is COc1c(NCc2cn[nH]c2C)nc[nH]c1=O. The maximum absolute atomic E-state index is 11.4. The van der Waals surface area contributed by atoms with E-state index >= 15 is 0 Å². The zero-order chi connectivity index (χ0) is 12.3. The molecule has 0 aliphatic rings. The Kier molecular flexibility index (Phi) is 3.08. The van der Waals surface area contributed by atoms with Gasteiger partial charge < -0.3 is 15.0 Å². The fraction of sp³-hybridized carbons (Fsp3) is 0.300. The van der Waals surface area contributed by atoms with Crippen molar-refractivity contribution < 1.29 is 4.74 Å². The topological polar surface area (TPSA) is 95.7 Å². The van der Waals surface area contributed by atoms with Crippen LogP contribution in [0.25, 0.3) is 0 Å². The molecule has 0 radical (unpaired) electrons. The van der Waals surface area contributed by atoms with E-state index in [9.17, 15) is 4.79 Å². The first kappa shape index (κ1) is 11.2. The molecular formula is C10H13N5O2. The molecule has 0 bridgehead atoms. The molecule has 0 amide bonds. The number of aryl methyl sites for hydroxylation is 1. The number of anilines is 1. The molecule has 3 N–H and O–H groups in total. The molecule has 0 atom stereocenters. The van der Waals surface area contributed by atoms with E-state index in [1.165, 1.54) is 13.4 Å². The van der Waals surface area contributed by atoms with Crippen molar-refractivity contribution in [2.24, 2.45) is 0 Å². The van der Waals surface area contributed by atoms with Gasteiger partial charge in [0.15, 0.2) is 5.82 Å². The first-order chi connectivity index (χ1) is 8.22. The van der Waals surface area contributed by atoms with Crippen molar-refractivity contribution in [1.82, 2.24) is 20.2 Å². The second kappa shape index (κ2) is 4.69. The molecule has 0 aromatic carbocycles.